The molecule has 0 spiro atoms. The Hall–Kier alpha value is -2.16. The monoisotopic (exact) mass is 251 g/mol. The quantitative estimate of drug-likeness (QED) is 0.710. The van der Waals surface area contributed by atoms with E-state index in [4.69, 9.17) is 0 Å². The van der Waals surface area contributed by atoms with Gasteiger partial charge in [-0.3, -0.25) is 0 Å². The standard InChI is InChI=1S/C16H17N3/c1-3-15(13-10-8-12(2)9-11-13)19-16-7-5-4-6-14(16)17-18-19/h4-11,15H,3H2,1-2H3. The summed E-state index contributed by atoms with van der Waals surface area (Å²) in [6, 6.07) is 17.0. The van der Waals surface area contributed by atoms with Crippen molar-refractivity contribution in [1.29, 1.82) is 0 Å². The van der Waals surface area contributed by atoms with Crippen LogP contribution in [0, 0.1) is 6.92 Å². The molecule has 1 heterocycles. The smallest absolute Gasteiger partial charge is 0.113 e. The highest BCUT2D eigenvalue weighted by Gasteiger charge is 2.15. The Bertz CT molecular complexity index is 683. The molecule has 0 saturated carbocycles. The van der Waals surface area contributed by atoms with Gasteiger partial charge in [-0.15, -0.1) is 5.10 Å². The van der Waals surface area contributed by atoms with Crippen molar-refractivity contribution >= 4 is 11.0 Å². The molecule has 3 rings (SSSR count). The molecule has 0 amide bonds. The Kier molecular flexibility index (Phi) is 3.03. The van der Waals surface area contributed by atoms with Gasteiger partial charge in [-0.1, -0.05) is 54.1 Å². The maximum atomic E-state index is 4.33. The van der Waals surface area contributed by atoms with Crippen LogP contribution in [-0.4, -0.2) is 15.0 Å². The van der Waals surface area contributed by atoms with E-state index in [1.807, 2.05) is 22.9 Å². The van der Waals surface area contributed by atoms with Gasteiger partial charge in [-0.05, 0) is 31.0 Å². The maximum absolute atomic E-state index is 4.33. The van der Waals surface area contributed by atoms with Crippen molar-refractivity contribution in [1.82, 2.24) is 15.0 Å². The molecule has 0 aliphatic carbocycles. The summed E-state index contributed by atoms with van der Waals surface area (Å²) in [5.41, 5.74) is 4.61. The van der Waals surface area contributed by atoms with Crippen molar-refractivity contribution in [3.63, 3.8) is 0 Å². The number of fused-ring (bicyclic) bond motifs is 1. The van der Waals surface area contributed by atoms with Crippen molar-refractivity contribution in [3.8, 4) is 0 Å². The molecular formula is C16H17N3. The first-order valence-electron chi connectivity index (χ1n) is 6.66. The van der Waals surface area contributed by atoms with Gasteiger partial charge >= 0.3 is 0 Å². The average molecular weight is 251 g/mol. The fourth-order valence-electron chi connectivity index (χ4n) is 2.46. The van der Waals surface area contributed by atoms with Crippen LogP contribution in [0.5, 0.6) is 0 Å². The number of benzene rings is 2. The number of hydrogen-bond donors (Lipinski definition) is 0. The van der Waals surface area contributed by atoms with Crippen molar-refractivity contribution in [2.24, 2.45) is 0 Å². The van der Waals surface area contributed by atoms with E-state index in [9.17, 15) is 0 Å². The van der Waals surface area contributed by atoms with Gasteiger partial charge in [-0.2, -0.15) is 0 Å². The zero-order chi connectivity index (χ0) is 13.2. The second-order valence-electron chi connectivity index (χ2n) is 4.86. The minimum Gasteiger partial charge on any atom is -0.237 e. The molecule has 1 unspecified atom stereocenters. The van der Waals surface area contributed by atoms with Crippen molar-refractivity contribution in [2.45, 2.75) is 26.3 Å². The van der Waals surface area contributed by atoms with E-state index in [0.717, 1.165) is 17.5 Å². The molecule has 3 aromatic rings. The Morgan fingerprint density at radius 3 is 2.53 bits per heavy atom. The number of rotatable bonds is 3. The van der Waals surface area contributed by atoms with Crippen molar-refractivity contribution < 1.29 is 0 Å². The Labute approximate surface area is 112 Å². The van der Waals surface area contributed by atoms with Crippen LogP contribution in [-0.2, 0) is 0 Å². The minimum absolute atomic E-state index is 0.244. The summed E-state index contributed by atoms with van der Waals surface area (Å²) in [5, 5.41) is 8.58. The first kappa shape index (κ1) is 11.9. The van der Waals surface area contributed by atoms with Crippen LogP contribution in [0.2, 0.25) is 0 Å². The van der Waals surface area contributed by atoms with E-state index in [-0.39, 0.29) is 6.04 Å². The molecule has 3 heteroatoms. The van der Waals surface area contributed by atoms with Gasteiger partial charge in [0.1, 0.15) is 5.52 Å². The largest absolute Gasteiger partial charge is 0.237 e. The predicted octanol–water partition coefficient (Wildman–Crippen LogP) is 3.74. The summed E-state index contributed by atoms with van der Waals surface area (Å²) >= 11 is 0. The summed E-state index contributed by atoms with van der Waals surface area (Å²) < 4.78 is 2.03. The zero-order valence-electron chi connectivity index (χ0n) is 11.2. The molecule has 0 aliphatic rings. The summed E-state index contributed by atoms with van der Waals surface area (Å²) in [6.07, 6.45) is 0.996. The molecule has 1 atom stereocenters. The lowest BCUT2D eigenvalue weighted by atomic mass is 10.0. The number of para-hydroxylation sites is 1. The predicted molar refractivity (Wildman–Crippen MR) is 77.1 cm³/mol. The van der Waals surface area contributed by atoms with Gasteiger partial charge in [0.05, 0.1) is 11.6 Å². The molecule has 0 bridgehead atoms. The summed E-state index contributed by atoms with van der Waals surface area (Å²) in [4.78, 5) is 0. The van der Waals surface area contributed by atoms with E-state index < -0.39 is 0 Å². The highest BCUT2D eigenvalue weighted by Crippen LogP contribution is 2.25. The van der Waals surface area contributed by atoms with E-state index in [0.29, 0.717) is 0 Å². The SMILES string of the molecule is CCC(c1ccc(C)cc1)n1nnc2ccccc21. The Morgan fingerprint density at radius 1 is 1.05 bits per heavy atom. The van der Waals surface area contributed by atoms with Crippen molar-refractivity contribution in [2.75, 3.05) is 0 Å². The van der Waals surface area contributed by atoms with Crippen molar-refractivity contribution in [3.05, 3.63) is 59.7 Å². The first-order valence-corrected chi connectivity index (χ1v) is 6.66. The lowest BCUT2D eigenvalue weighted by Crippen LogP contribution is -2.11. The van der Waals surface area contributed by atoms with E-state index >= 15 is 0 Å². The molecule has 0 N–H and O–H groups in total. The van der Waals surface area contributed by atoms with Crippen LogP contribution in [0.3, 0.4) is 0 Å². The molecule has 19 heavy (non-hydrogen) atoms. The molecule has 3 nitrogen and oxygen atoms in total. The van der Waals surface area contributed by atoms with Crippen LogP contribution in [0.4, 0.5) is 0 Å². The molecule has 1 aromatic heterocycles. The lowest BCUT2D eigenvalue weighted by Gasteiger charge is -2.16. The van der Waals surface area contributed by atoms with E-state index in [1.165, 1.54) is 11.1 Å². The molecule has 0 fully saturated rings. The Balaban J connectivity index is 2.09. The summed E-state index contributed by atoms with van der Waals surface area (Å²) in [7, 11) is 0. The molecule has 96 valence electrons. The third kappa shape index (κ3) is 2.12. The highest BCUT2D eigenvalue weighted by molar-refractivity contribution is 5.74. The minimum atomic E-state index is 0.244. The molecule has 0 saturated heterocycles. The van der Waals surface area contributed by atoms with Crippen LogP contribution >= 0.6 is 0 Å². The molecule has 2 aromatic carbocycles. The number of hydrogen-bond acceptors (Lipinski definition) is 2. The normalized spacial score (nSPS) is 12.7. The topological polar surface area (TPSA) is 30.7 Å². The third-order valence-corrected chi connectivity index (χ3v) is 3.52. The second-order valence-corrected chi connectivity index (χ2v) is 4.86. The van der Waals surface area contributed by atoms with Gasteiger partial charge < -0.3 is 0 Å². The highest BCUT2D eigenvalue weighted by atomic mass is 15.4. The van der Waals surface area contributed by atoms with E-state index in [1.54, 1.807) is 0 Å². The molecule has 0 aliphatic heterocycles. The van der Waals surface area contributed by atoms with Gasteiger partial charge in [0, 0.05) is 0 Å². The molecular weight excluding hydrogens is 234 g/mol. The number of aryl methyl sites for hydroxylation is 1. The number of nitrogens with zero attached hydrogens (tertiary/aromatic N) is 3. The van der Waals surface area contributed by atoms with Crippen LogP contribution in [0.1, 0.15) is 30.5 Å². The van der Waals surface area contributed by atoms with Gasteiger partial charge in [0.2, 0.25) is 0 Å². The van der Waals surface area contributed by atoms with Crippen LogP contribution in [0.25, 0.3) is 11.0 Å². The fourth-order valence-corrected chi connectivity index (χ4v) is 2.46. The van der Waals surface area contributed by atoms with Crippen LogP contribution in [0.15, 0.2) is 48.5 Å². The third-order valence-electron chi connectivity index (χ3n) is 3.52. The van der Waals surface area contributed by atoms with Crippen LogP contribution < -0.4 is 0 Å². The number of aromatic nitrogens is 3. The maximum Gasteiger partial charge on any atom is 0.113 e. The van der Waals surface area contributed by atoms with Gasteiger partial charge in [-0.25, -0.2) is 4.68 Å². The average Bonchev–Trinajstić information content (AvgIpc) is 2.86. The van der Waals surface area contributed by atoms with Gasteiger partial charge in [0.25, 0.3) is 0 Å². The first-order chi connectivity index (χ1) is 9.29. The second kappa shape index (κ2) is 4.84. The fraction of sp³-hybridized carbons (Fsp3) is 0.250. The zero-order valence-corrected chi connectivity index (χ0v) is 11.2. The summed E-state index contributed by atoms with van der Waals surface area (Å²) in [5.74, 6) is 0. The molecule has 0 radical (unpaired) electrons. The lowest BCUT2D eigenvalue weighted by molar-refractivity contribution is 0.508. The van der Waals surface area contributed by atoms with Gasteiger partial charge in [0.15, 0.2) is 0 Å². The summed E-state index contributed by atoms with van der Waals surface area (Å²) in [6.45, 7) is 4.29. The Morgan fingerprint density at radius 2 is 1.79 bits per heavy atom. The van der Waals surface area contributed by atoms with E-state index in [2.05, 4.69) is 54.5 Å².